The minimum atomic E-state index is -2.22. The Kier molecular flexibility index (Phi) is 11.1. The van der Waals surface area contributed by atoms with Gasteiger partial charge in [0.1, 0.15) is 18.0 Å². The number of esters is 5. The Balaban J connectivity index is 3.09. The molecule has 244 valence electrons. The van der Waals surface area contributed by atoms with Crippen molar-refractivity contribution in [2.75, 3.05) is 0 Å². The molecule has 12 nitrogen and oxygen atoms in total. The van der Waals surface area contributed by atoms with Gasteiger partial charge in [-0.3, -0.25) is 33.6 Å². The second kappa shape index (κ2) is 13.4. The summed E-state index contributed by atoms with van der Waals surface area (Å²) >= 11 is 0. The molecule has 1 saturated carbocycles. The normalized spacial score (nSPS) is 32.8. The lowest BCUT2D eigenvalue weighted by atomic mass is 9.73. The molecule has 0 spiro atoms. The van der Waals surface area contributed by atoms with Crippen molar-refractivity contribution < 1.29 is 57.2 Å². The maximum atomic E-state index is 14.5. The number of fused-ring (bicyclic) bond motifs is 1. The monoisotopic (exact) mass is 620 g/mol. The van der Waals surface area contributed by atoms with Gasteiger partial charge in [0.25, 0.3) is 0 Å². The van der Waals surface area contributed by atoms with Gasteiger partial charge in [-0.05, 0) is 20.8 Å². The molecule has 0 N–H and O–H groups in total. The lowest BCUT2D eigenvalue weighted by Crippen LogP contribution is -2.57. The van der Waals surface area contributed by atoms with Gasteiger partial charge in [0.2, 0.25) is 0 Å². The van der Waals surface area contributed by atoms with Crippen molar-refractivity contribution >= 4 is 41.4 Å². The topological polar surface area (TPSA) is 166 Å². The maximum Gasteiger partial charge on any atom is 0.308 e. The molecule has 12 heteroatoms. The highest BCUT2D eigenvalue weighted by Gasteiger charge is 2.71. The third-order valence-electron chi connectivity index (χ3n) is 7.93. The number of allylic oxidation sites excluding steroid dienone is 2. The molecule has 0 aliphatic heterocycles. The van der Waals surface area contributed by atoms with Crippen LogP contribution in [0.5, 0.6) is 0 Å². The third-order valence-corrected chi connectivity index (χ3v) is 7.93. The molecular formula is C32H44O12. The van der Waals surface area contributed by atoms with Gasteiger partial charge in [0, 0.05) is 57.4 Å². The Morgan fingerprint density at radius 1 is 0.864 bits per heavy atom. The number of hydrogen-bond donors (Lipinski definition) is 0. The van der Waals surface area contributed by atoms with E-state index in [1.807, 2.05) is 0 Å². The molecule has 0 saturated heterocycles. The molecule has 2 aliphatic carbocycles. The smallest absolute Gasteiger partial charge is 0.308 e. The van der Waals surface area contributed by atoms with Gasteiger partial charge in [-0.2, -0.15) is 0 Å². The lowest BCUT2D eigenvalue weighted by molar-refractivity contribution is -0.190. The first kappa shape index (κ1) is 36.4. The molecule has 2 rings (SSSR count). The van der Waals surface area contributed by atoms with Crippen LogP contribution in [0.2, 0.25) is 0 Å². The average Bonchev–Trinajstić information content (AvgIpc) is 3.09. The van der Waals surface area contributed by atoms with Gasteiger partial charge in [0.05, 0.1) is 11.8 Å². The van der Waals surface area contributed by atoms with Crippen LogP contribution in [-0.4, -0.2) is 70.9 Å². The molecule has 0 aromatic carbocycles. The number of carbonyl (C=O) groups excluding carboxylic acids is 7. The van der Waals surface area contributed by atoms with E-state index in [-0.39, 0.29) is 17.8 Å². The van der Waals surface area contributed by atoms with E-state index in [0.29, 0.717) is 0 Å². The summed E-state index contributed by atoms with van der Waals surface area (Å²) in [5.41, 5.74) is -5.28. The van der Waals surface area contributed by atoms with Crippen LogP contribution in [0.3, 0.4) is 0 Å². The standard InChI is InChI=1S/C32H44O12/c1-16(2)29(39)42-23-14-24(37)30(9,10)13-12-17(3)27(38)32(44-22(8)36)15-31(11,43-21(7)35)28(41-20(6)34)25(32)26(18(23)4)40-19(5)33/h12-13,16-17,23,25-26,28H,4,14-15H2,1-3,5-11H3/b13-12+/t17-,23-,25+,26+,28-,31-,32-/m1/s1. The first-order chi connectivity index (χ1) is 20.1. The quantitative estimate of drug-likeness (QED) is 0.242. The zero-order valence-corrected chi connectivity index (χ0v) is 27.1. The highest BCUT2D eigenvalue weighted by atomic mass is 16.6. The maximum absolute atomic E-state index is 14.5. The number of ketones is 2. The van der Waals surface area contributed by atoms with Crippen molar-refractivity contribution in [3.8, 4) is 0 Å². The molecule has 0 heterocycles. The zero-order valence-electron chi connectivity index (χ0n) is 27.1. The van der Waals surface area contributed by atoms with Crippen molar-refractivity contribution in [3.63, 3.8) is 0 Å². The SMILES string of the molecule is C=C1[C@H](OC(=O)C(C)C)CC(=O)C(C)(C)/C=C/[C@@H](C)C(=O)[C@@]2(OC(C)=O)C[C@@](C)(OC(C)=O)[C@H](OC(C)=O)[C@@H]2[C@H]1OC(C)=O. The summed E-state index contributed by atoms with van der Waals surface area (Å²) < 4.78 is 28.7. The summed E-state index contributed by atoms with van der Waals surface area (Å²) in [4.78, 5) is 91.2. The summed E-state index contributed by atoms with van der Waals surface area (Å²) in [5.74, 6) is -8.34. The Bertz CT molecular complexity index is 1260. The first-order valence-corrected chi connectivity index (χ1v) is 14.5. The molecule has 2 aliphatic rings. The van der Waals surface area contributed by atoms with Crippen LogP contribution in [0.1, 0.15) is 82.1 Å². The van der Waals surface area contributed by atoms with E-state index in [4.69, 9.17) is 23.7 Å². The lowest BCUT2D eigenvalue weighted by Gasteiger charge is -2.41. The Hall–Kier alpha value is -3.83. The minimum absolute atomic E-state index is 0.130. The molecule has 0 amide bonds. The number of hydrogen-bond acceptors (Lipinski definition) is 12. The van der Waals surface area contributed by atoms with Gasteiger partial charge < -0.3 is 23.7 Å². The van der Waals surface area contributed by atoms with Crippen molar-refractivity contribution in [2.24, 2.45) is 23.2 Å². The van der Waals surface area contributed by atoms with Crippen LogP contribution in [0, 0.1) is 23.2 Å². The van der Waals surface area contributed by atoms with Gasteiger partial charge >= 0.3 is 29.8 Å². The van der Waals surface area contributed by atoms with Crippen molar-refractivity contribution in [2.45, 2.75) is 112 Å². The molecule has 0 aromatic heterocycles. The van der Waals surface area contributed by atoms with E-state index in [9.17, 15) is 33.6 Å². The summed E-state index contributed by atoms with van der Waals surface area (Å²) in [5, 5.41) is 0. The number of rotatable bonds is 6. The van der Waals surface area contributed by atoms with Crippen LogP contribution in [0.25, 0.3) is 0 Å². The van der Waals surface area contributed by atoms with Gasteiger partial charge in [0.15, 0.2) is 23.1 Å². The third kappa shape index (κ3) is 7.81. The number of Topliss-reactive ketones (excluding diaryl/α,β-unsaturated/α-hetero) is 2. The first-order valence-electron chi connectivity index (χ1n) is 14.5. The van der Waals surface area contributed by atoms with Gasteiger partial charge in [-0.25, -0.2) is 0 Å². The van der Waals surface area contributed by atoms with E-state index >= 15 is 0 Å². The van der Waals surface area contributed by atoms with E-state index < -0.39 is 94.7 Å². The fourth-order valence-electron chi connectivity index (χ4n) is 5.88. The molecule has 0 unspecified atom stereocenters. The molecule has 7 atom stereocenters. The Labute approximate surface area is 257 Å². The van der Waals surface area contributed by atoms with E-state index in [1.165, 1.54) is 26.0 Å². The van der Waals surface area contributed by atoms with Crippen LogP contribution in [0.15, 0.2) is 24.3 Å². The number of ether oxygens (including phenoxy) is 5. The van der Waals surface area contributed by atoms with Crippen molar-refractivity contribution in [1.82, 2.24) is 0 Å². The summed E-state index contributed by atoms with van der Waals surface area (Å²) in [6, 6.07) is 0. The van der Waals surface area contributed by atoms with Crippen molar-refractivity contribution in [1.29, 1.82) is 0 Å². The highest BCUT2D eigenvalue weighted by molar-refractivity contribution is 5.94. The summed E-state index contributed by atoms with van der Waals surface area (Å²) in [7, 11) is 0. The molecule has 44 heavy (non-hydrogen) atoms. The van der Waals surface area contributed by atoms with Gasteiger partial charge in [-0.1, -0.05) is 39.5 Å². The zero-order chi connectivity index (χ0) is 33.9. The molecule has 0 bridgehead atoms. The Morgan fingerprint density at radius 3 is 1.89 bits per heavy atom. The predicted molar refractivity (Wildman–Crippen MR) is 154 cm³/mol. The Morgan fingerprint density at radius 2 is 1.41 bits per heavy atom. The van der Waals surface area contributed by atoms with Gasteiger partial charge in [-0.15, -0.1) is 0 Å². The fraction of sp³-hybridized carbons (Fsp3) is 0.656. The summed E-state index contributed by atoms with van der Waals surface area (Å²) in [6.45, 7) is 17.8. The van der Waals surface area contributed by atoms with Crippen LogP contribution in [-0.2, 0) is 57.2 Å². The van der Waals surface area contributed by atoms with Crippen LogP contribution >= 0.6 is 0 Å². The second-order valence-electron chi connectivity index (χ2n) is 12.7. The minimum Gasteiger partial charge on any atom is -0.458 e. The van der Waals surface area contributed by atoms with Crippen LogP contribution < -0.4 is 0 Å². The second-order valence-corrected chi connectivity index (χ2v) is 12.7. The molecular weight excluding hydrogens is 576 g/mol. The van der Waals surface area contributed by atoms with E-state index in [1.54, 1.807) is 27.7 Å². The summed E-state index contributed by atoms with van der Waals surface area (Å²) in [6.07, 6.45) is -2.42. The van der Waals surface area contributed by atoms with Crippen LogP contribution in [0.4, 0.5) is 0 Å². The highest BCUT2D eigenvalue weighted by Crippen LogP contribution is 2.54. The molecule has 0 radical (unpaired) electrons. The average molecular weight is 621 g/mol. The largest absolute Gasteiger partial charge is 0.458 e. The van der Waals surface area contributed by atoms with E-state index in [0.717, 1.165) is 27.7 Å². The molecule has 1 fully saturated rings. The van der Waals surface area contributed by atoms with Crippen molar-refractivity contribution in [3.05, 3.63) is 24.3 Å². The predicted octanol–water partition coefficient (Wildman–Crippen LogP) is 3.38. The molecule has 0 aromatic rings. The fourth-order valence-corrected chi connectivity index (χ4v) is 5.88. The number of carbonyl (C=O) groups is 7. The van der Waals surface area contributed by atoms with E-state index in [2.05, 4.69) is 6.58 Å².